The Balaban J connectivity index is 2.01. The van der Waals surface area contributed by atoms with Gasteiger partial charge in [-0.15, -0.1) is 0 Å². The van der Waals surface area contributed by atoms with Crippen LogP contribution in [-0.4, -0.2) is 5.60 Å². The number of ether oxygens (including phenoxy) is 1. The van der Waals surface area contributed by atoms with Crippen LogP contribution in [0.4, 0.5) is 0 Å². The van der Waals surface area contributed by atoms with Crippen LogP contribution in [0.3, 0.4) is 0 Å². The highest BCUT2D eigenvalue weighted by atomic mass is 79.9. The third-order valence-corrected chi connectivity index (χ3v) is 7.02. The van der Waals surface area contributed by atoms with Gasteiger partial charge in [-0.05, 0) is 55.7 Å². The summed E-state index contributed by atoms with van der Waals surface area (Å²) < 4.78 is 7.62. The summed E-state index contributed by atoms with van der Waals surface area (Å²) in [6, 6.07) is 6.51. The third-order valence-electron chi connectivity index (χ3n) is 6.52. The minimum absolute atomic E-state index is 0.00310. The zero-order valence-corrected chi connectivity index (χ0v) is 12.8. The molecule has 4 rings (SSSR count). The molecule has 3 aliphatic rings. The summed E-state index contributed by atoms with van der Waals surface area (Å²) in [5, 5.41) is 0. The van der Waals surface area contributed by atoms with E-state index in [4.69, 9.17) is 4.74 Å². The molecule has 0 saturated heterocycles. The number of hydrogen-bond donors (Lipinski definition) is 0. The summed E-state index contributed by atoms with van der Waals surface area (Å²) in [6.07, 6.45) is 4.00. The number of halogens is 1. The molecular weight excluding hydrogens is 288 g/mol. The smallest absolute Gasteiger partial charge is 0.124 e. The molecule has 0 amide bonds. The Morgan fingerprint density at radius 3 is 2.83 bits per heavy atom. The van der Waals surface area contributed by atoms with E-state index in [9.17, 15) is 0 Å². The van der Waals surface area contributed by atoms with Gasteiger partial charge < -0.3 is 4.74 Å². The molecule has 0 radical (unpaired) electrons. The standard InChI is InChI=1S/C16H19BrO/c1-14-7-6-10(9-14)16(3)15(14,2)12-8-11(17)4-5-13(12)18-16/h4-5,8,10H,6-7,9H2,1-3H3. The number of benzene rings is 1. The molecule has 1 aliphatic heterocycles. The predicted octanol–water partition coefficient (Wildman–Crippen LogP) is 4.68. The lowest BCUT2D eigenvalue weighted by Gasteiger charge is -2.48. The Kier molecular flexibility index (Phi) is 1.87. The average Bonchev–Trinajstić information content (AvgIpc) is 2.87. The monoisotopic (exact) mass is 306 g/mol. The van der Waals surface area contributed by atoms with Crippen LogP contribution in [0, 0.1) is 11.3 Å². The van der Waals surface area contributed by atoms with E-state index in [2.05, 4.69) is 54.9 Å². The summed E-state index contributed by atoms with van der Waals surface area (Å²) in [5.41, 5.74) is 1.99. The van der Waals surface area contributed by atoms with Crippen LogP contribution in [0.2, 0.25) is 0 Å². The zero-order valence-electron chi connectivity index (χ0n) is 11.2. The van der Waals surface area contributed by atoms with Crippen LogP contribution >= 0.6 is 15.9 Å². The first-order valence-corrected chi connectivity index (χ1v) is 7.69. The van der Waals surface area contributed by atoms with Crippen molar-refractivity contribution in [1.82, 2.24) is 0 Å². The van der Waals surface area contributed by atoms with Gasteiger partial charge >= 0.3 is 0 Å². The van der Waals surface area contributed by atoms with Crippen molar-refractivity contribution in [3.63, 3.8) is 0 Å². The van der Waals surface area contributed by atoms with E-state index in [0.717, 1.165) is 11.7 Å². The largest absolute Gasteiger partial charge is 0.486 e. The van der Waals surface area contributed by atoms with E-state index >= 15 is 0 Å². The maximum Gasteiger partial charge on any atom is 0.124 e. The van der Waals surface area contributed by atoms with Gasteiger partial charge in [0, 0.05) is 15.5 Å². The number of fused-ring (bicyclic) bond motifs is 7. The van der Waals surface area contributed by atoms with Crippen molar-refractivity contribution in [3.05, 3.63) is 28.2 Å². The molecule has 2 saturated carbocycles. The van der Waals surface area contributed by atoms with Gasteiger partial charge in [-0.25, -0.2) is 0 Å². The van der Waals surface area contributed by atoms with Gasteiger partial charge in [0.2, 0.25) is 0 Å². The molecule has 4 unspecified atom stereocenters. The Morgan fingerprint density at radius 1 is 1.28 bits per heavy atom. The quantitative estimate of drug-likeness (QED) is 0.676. The van der Waals surface area contributed by atoms with E-state index in [1.54, 1.807) is 0 Å². The highest BCUT2D eigenvalue weighted by Crippen LogP contribution is 2.73. The second-order valence-corrected chi connectivity index (χ2v) is 7.89. The SMILES string of the molecule is CC12CCC(C1)C1(C)Oc3ccc(Br)cc3C21C. The summed E-state index contributed by atoms with van der Waals surface area (Å²) >= 11 is 3.62. The molecule has 0 N–H and O–H groups in total. The maximum atomic E-state index is 6.45. The van der Waals surface area contributed by atoms with Crippen LogP contribution in [0.15, 0.2) is 22.7 Å². The molecule has 1 nitrogen and oxygen atoms in total. The highest BCUT2D eigenvalue weighted by Gasteiger charge is 2.73. The molecule has 0 aromatic heterocycles. The molecule has 1 heterocycles. The Morgan fingerprint density at radius 2 is 2.06 bits per heavy atom. The van der Waals surface area contributed by atoms with Crippen LogP contribution in [0.1, 0.15) is 45.6 Å². The fraction of sp³-hybridized carbons (Fsp3) is 0.625. The van der Waals surface area contributed by atoms with E-state index in [0.29, 0.717) is 5.41 Å². The maximum absolute atomic E-state index is 6.45. The van der Waals surface area contributed by atoms with Gasteiger partial charge in [0.05, 0.1) is 0 Å². The molecule has 2 heteroatoms. The van der Waals surface area contributed by atoms with E-state index in [1.165, 1.54) is 29.3 Å². The van der Waals surface area contributed by atoms with Crippen molar-refractivity contribution in [3.8, 4) is 5.75 Å². The lowest BCUT2D eigenvalue weighted by molar-refractivity contribution is -0.0260. The molecule has 2 fully saturated rings. The summed E-state index contributed by atoms with van der Waals surface area (Å²) in [7, 11) is 0. The summed E-state index contributed by atoms with van der Waals surface area (Å²) in [4.78, 5) is 0. The fourth-order valence-corrected chi connectivity index (χ4v) is 5.52. The lowest BCUT2D eigenvalue weighted by Crippen LogP contribution is -2.54. The molecule has 0 spiro atoms. The minimum Gasteiger partial charge on any atom is -0.486 e. The Hall–Kier alpha value is -0.500. The van der Waals surface area contributed by atoms with Crippen LogP contribution < -0.4 is 4.74 Å². The van der Waals surface area contributed by atoms with Gasteiger partial charge in [-0.2, -0.15) is 0 Å². The number of rotatable bonds is 0. The van der Waals surface area contributed by atoms with Crippen molar-refractivity contribution >= 4 is 15.9 Å². The van der Waals surface area contributed by atoms with Crippen molar-refractivity contribution in [2.75, 3.05) is 0 Å². The van der Waals surface area contributed by atoms with Gasteiger partial charge in [0.25, 0.3) is 0 Å². The average molecular weight is 307 g/mol. The van der Waals surface area contributed by atoms with E-state index < -0.39 is 0 Å². The van der Waals surface area contributed by atoms with Crippen molar-refractivity contribution in [1.29, 1.82) is 0 Å². The minimum atomic E-state index is 0.00310. The normalized spacial score (nSPS) is 47.9. The second kappa shape index (κ2) is 2.98. The van der Waals surface area contributed by atoms with Gasteiger partial charge in [0.1, 0.15) is 11.4 Å². The summed E-state index contributed by atoms with van der Waals surface area (Å²) in [5.74, 6) is 1.83. The van der Waals surface area contributed by atoms with Crippen LogP contribution in [0.5, 0.6) is 5.75 Å². The van der Waals surface area contributed by atoms with Crippen LogP contribution in [0.25, 0.3) is 0 Å². The molecule has 4 atom stereocenters. The van der Waals surface area contributed by atoms with Crippen molar-refractivity contribution in [2.24, 2.45) is 11.3 Å². The van der Waals surface area contributed by atoms with Gasteiger partial charge in [0.15, 0.2) is 0 Å². The molecule has 1 aromatic carbocycles. The zero-order chi connectivity index (χ0) is 12.8. The predicted molar refractivity (Wildman–Crippen MR) is 76.0 cm³/mol. The molecular formula is C16H19BrO. The molecule has 2 bridgehead atoms. The number of hydrogen-bond acceptors (Lipinski definition) is 1. The first kappa shape index (κ1) is 11.3. The lowest BCUT2D eigenvalue weighted by atomic mass is 9.56. The van der Waals surface area contributed by atoms with E-state index in [-0.39, 0.29) is 11.0 Å². The fourth-order valence-electron chi connectivity index (χ4n) is 5.16. The summed E-state index contributed by atoms with van der Waals surface area (Å²) in [6.45, 7) is 7.25. The van der Waals surface area contributed by atoms with E-state index in [1.807, 2.05) is 0 Å². The van der Waals surface area contributed by atoms with Crippen LogP contribution in [-0.2, 0) is 5.41 Å². The molecule has 96 valence electrons. The molecule has 1 aromatic rings. The first-order chi connectivity index (χ1) is 8.41. The van der Waals surface area contributed by atoms with Gasteiger partial charge in [-0.1, -0.05) is 29.8 Å². The molecule has 18 heavy (non-hydrogen) atoms. The highest BCUT2D eigenvalue weighted by molar-refractivity contribution is 9.10. The topological polar surface area (TPSA) is 9.23 Å². The molecule has 2 aliphatic carbocycles. The second-order valence-electron chi connectivity index (χ2n) is 6.97. The Bertz CT molecular complexity index is 554. The third kappa shape index (κ3) is 0.952. The van der Waals surface area contributed by atoms with Crippen molar-refractivity contribution < 1.29 is 4.74 Å². The Labute approximate surface area is 117 Å². The van der Waals surface area contributed by atoms with Crippen molar-refractivity contribution in [2.45, 2.75) is 51.0 Å². The van der Waals surface area contributed by atoms with Gasteiger partial charge in [-0.3, -0.25) is 0 Å². The first-order valence-electron chi connectivity index (χ1n) is 6.90.